The number of hydrogen-bond acceptors (Lipinski definition) is 40. The Bertz CT molecular complexity index is 2520. The van der Waals surface area contributed by atoms with Crippen LogP contribution in [-0.4, -0.2) is 0 Å². The predicted octanol–water partition coefficient (Wildman–Crippen LogP) is -6.15. The molecule has 0 aliphatic heterocycles. The Balaban J connectivity index is -0.0000135. The molecule has 0 aliphatic rings. The van der Waals surface area contributed by atoms with Crippen molar-refractivity contribution in [2.45, 2.75) is 0 Å². The Morgan fingerprint density at radius 2 is 0.400 bits per heavy atom. The van der Waals surface area contributed by atoms with Gasteiger partial charge in [-0.2, -0.15) is 0 Å². The van der Waals surface area contributed by atoms with Crippen LogP contribution in [0.4, 0.5) is 0 Å². The minimum Gasteiger partial charge on any atom is -0.369 e. The van der Waals surface area contributed by atoms with Gasteiger partial charge in [-0.1, -0.05) is 0 Å². The Morgan fingerprint density at radius 1 is 0.273 bits per heavy atom. The van der Waals surface area contributed by atoms with Crippen LogP contribution in [0.3, 0.4) is 0 Å². The van der Waals surface area contributed by atoms with Crippen molar-refractivity contribution in [1.29, 1.82) is 0 Å². The SMILES string of the molecule is O=P([O][Mo](=[O])(=[O])[O][Mo](=[O])(=[O])[O][Mo](=[O])(=[O])[O][Mo](=[O])(=[O])[O-])([O][Mo](=[O])(=[O])[O][Mo](=[O])(=[O])[O][Mo](=[O])(=[O])[O][Mo](=[O])(=[O])[O-])[O][Mo](=[O])(=[O])[O][Mo](=[O])(=[O])[O][Mo](=[O])(=[O])[O][Mo](=[O])(=[O])[O-].[Mn+2].[NH4+]. The molecule has 0 saturated heterocycles. The molecule has 4 N–H and O–H groups in total. The van der Waals surface area contributed by atoms with Crippen LogP contribution < -0.4 is 17.4 Å². The predicted molar refractivity (Wildman–Crippen MR) is 43.1 cm³/mol. The van der Waals surface area contributed by atoms with E-state index in [2.05, 4.69) is 27.9 Å². The summed E-state index contributed by atoms with van der Waals surface area (Å²) in [5.74, 6) is 0. The molecular formula is H4MnMo12NO40P. The van der Waals surface area contributed by atoms with Gasteiger partial charge in [-0.3, -0.25) is 0 Å². The summed E-state index contributed by atoms with van der Waals surface area (Å²) in [4.78, 5) is 0. The van der Waals surface area contributed by atoms with Gasteiger partial charge in [0.2, 0.25) is 0 Å². The molecule has 0 atom stereocenters. The summed E-state index contributed by atoms with van der Waals surface area (Å²) >= 11 is -98.5. The van der Waals surface area contributed by atoms with Gasteiger partial charge in [0.05, 0.1) is 0 Å². The van der Waals surface area contributed by atoms with Gasteiger partial charge in [0.1, 0.15) is 0 Å². The second-order valence-corrected chi connectivity index (χ2v) is 55.7. The van der Waals surface area contributed by atoms with Gasteiger partial charge in [0, 0.05) is 0 Å². The Labute approximate surface area is 350 Å². The fourth-order valence-corrected chi connectivity index (χ4v) is 60.0. The minimum absolute atomic E-state index is 0. The van der Waals surface area contributed by atoms with Crippen LogP contribution in [0.2, 0.25) is 0 Å². The molecule has 0 bridgehead atoms. The monoisotopic (exact) mass is 1920 g/mol. The number of rotatable bonds is 24. The number of hydrogen-bond donors (Lipinski definition) is 1. The van der Waals surface area contributed by atoms with Gasteiger partial charge in [0.15, 0.2) is 0 Å². The molecule has 0 saturated carbocycles. The fraction of sp³-hybridized carbons (Fsp3) is 0. The van der Waals surface area contributed by atoms with E-state index >= 15 is 0 Å². The van der Waals surface area contributed by atoms with Gasteiger partial charge in [-0.05, 0) is 0 Å². The maximum atomic E-state index is 12.7. The number of quaternary nitrogens is 1. The van der Waals surface area contributed by atoms with Crippen molar-refractivity contribution in [2.24, 2.45) is 0 Å². The van der Waals surface area contributed by atoms with E-state index in [1.54, 1.807) is 0 Å². The van der Waals surface area contributed by atoms with E-state index in [1.165, 1.54) is 0 Å². The van der Waals surface area contributed by atoms with Crippen molar-refractivity contribution < 1.29 is 343 Å². The van der Waals surface area contributed by atoms with Crippen molar-refractivity contribution in [1.82, 2.24) is 6.15 Å². The van der Waals surface area contributed by atoms with E-state index in [0.29, 0.717) is 0 Å². The molecule has 0 aromatic carbocycles. The third-order valence-corrected chi connectivity index (χ3v) is 62.2. The second-order valence-electron chi connectivity index (χ2n) is 6.18. The van der Waals surface area contributed by atoms with Crippen LogP contribution in [0, 0.1) is 0 Å². The van der Waals surface area contributed by atoms with Crippen molar-refractivity contribution in [3.63, 3.8) is 0 Å². The molecular weight excluding hydrogens is 1890 g/mol. The van der Waals surface area contributed by atoms with E-state index < -0.39 is 209 Å². The molecule has 55 heavy (non-hydrogen) atoms. The number of phosphoric acid groups is 1. The summed E-state index contributed by atoms with van der Waals surface area (Å²) in [6.45, 7) is 0. The zero-order valence-corrected chi connectivity index (χ0v) is 49.2. The van der Waals surface area contributed by atoms with Crippen LogP contribution in [0.1, 0.15) is 0 Å². The van der Waals surface area contributed by atoms with Crippen molar-refractivity contribution in [3.05, 3.63) is 0 Å². The first-order valence-corrected chi connectivity index (χ1v) is 49.5. The quantitative estimate of drug-likeness (QED) is 0.0694. The molecule has 0 fully saturated rings. The van der Waals surface area contributed by atoms with E-state index in [0.717, 1.165) is 0 Å². The summed E-state index contributed by atoms with van der Waals surface area (Å²) in [7, 11) is -7.94. The molecule has 1 radical (unpaired) electrons. The molecule has 333 valence electrons. The van der Waals surface area contributed by atoms with Crippen LogP contribution in [0.5, 0.6) is 0 Å². The maximum absolute atomic E-state index is 12.7. The van der Waals surface area contributed by atoms with E-state index in [1.807, 2.05) is 0 Å². The average Bonchev–Trinajstić information content (AvgIpc) is 2.58. The van der Waals surface area contributed by atoms with Gasteiger partial charge in [0.25, 0.3) is 0 Å². The van der Waals surface area contributed by atoms with Gasteiger partial charge in [-0.15, -0.1) is 0 Å². The smallest absolute Gasteiger partial charge is 0.369 e. The molecule has 41 nitrogen and oxygen atoms in total. The van der Waals surface area contributed by atoms with E-state index in [9.17, 15) is 97.4 Å². The molecule has 0 aromatic rings. The summed E-state index contributed by atoms with van der Waals surface area (Å²) in [6, 6.07) is 0. The molecule has 0 heterocycles. The zero-order valence-electron chi connectivity index (χ0n) is 23.1. The first kappa shape index (κ1) is 62.9. The molecule has 0 spiro atoms. The fourth-order valence-electron chi connectivity index (χ4n) is 1.40. The molecule has 0 rings (SSSR count). The normalized spacial score (nSPS) is 15.0. The van der Waals surface area contributed by atoms with Crippen molar-refractivity contribution in [2.75, 3.05) is 0 Å². The summed E-state index contributed by atoms with van der Waals surface area (Å²) in [6.07, 6.45) is 0. The van der Waals surface area contributed by atoms with Crippen molar-refractivity contribution in [3.8, 4) is 0 Å². The largest absolute Gasteiger partial charge is 2.00 e. The van der Waals surface area contributed by atoms with E-state index in [4.69, 9.17) is 0 Å². The maximum Gasteiger partial charge on any atom is 2.00 e. The second kappa shape index (κ2) is 21.0. The Kier molecular flexibility index (Phi) is 24.0. The van der Waals surface area contributed by atoms with Crippen LogP contribution >= 0.6 is 7.82 Å². The third-order valence-electron chi connectivity index (χ3n) is 2.05. The van der Waals surface area contributed by atoms with Crippen LogP contribution in [0.15, 0.2) is 0 Å². The average molecular weight is 1900 g/mol. The van der Waals surface area contributed by atoms with Crippen LogP contribution in [-0.2, 0) is 332 Å². The molecule has 55 heteroatoms. The Morgan fingerprint density at radius 3 is 0.545 bits per heavy atom. The Hall–Kier alpha value is 3.57. The molecule has 0 amide bonds. The summed E-state index contributed by atoms with van der Waals surface area (Å²) in [5.41, 5.74) is 0. The van der Waals surface area contributed by atoms with Crippen molar-refractivity contribution >= 4 is 7.82 Å². The summed E-state index contributed by atoms with van der Waals surface area (Å²) in [5, 5.41) is 0. The first-order valence-electron chi connectivity index (χ1n) is 8.73. The summed E-state index contributed by atoms with van der Waals surface area (Å²) < 4.78 is 351. The third kappa shape index (κ3) is 31.1. The first-order chi connectivity index (χ1) is 22.5. The molecule has 0 aliphatic carbocycles. The molecule has 0 aromatic heterocycles. The van der Waals surface area contributed by atoms with Gasteiger partial charge in [-0.25, -0.2) is 0 Å². The zero-order chi connectivity index (χ0) is 43.0. The molecule has 0 unspecified atom stereocenters. The van der Waals surface area contributed by atoms with E-state index in [-0.39, 0.29) is 23.2 Å². The minimum atomic E-state index is -8.82. The standard InChI is InChI=1S/Mn.12Mo.H3N.H3O4P.36O/c;;;;;;;;;;;;;;1-5(2,3)4;;;;;;;;;;;;;;;;;;;;;;;;;;;;;;;;;;;;/h;;;;;;;;;;;;;1H3;(H3,1,2,3,4);;;;;;;;;;;;;;;;;;;;;;;;;;;;;;;;;;;;/q+2;;;;;;;;;;3*+1;;;;;;;;;;;;;;;;;;;;;;;;;;;;;;;;;;;;3*-1/p-2. The van der Waals surface area contributed by atoms with Gasteiger partial charge < -0.3 is 6.15 Å². The topological polar surface area (TPSA) is 643 Å². The van der Waals surface area contributed by atoms with Gasteiger partial charge >= 0.3 is 351 Å². The van der Waals surface area contributed by atoms with Crippen LogP contribution in [0.25, 0.3) is 0 Å².